The zero-order valence-corrected chi connectivity index (χ0v) is 12.7. The maximum absolute atomic E-state index is 11.5. The highest BCUT2D eigenvalue weighted by molar-refractivity contribution is 5.75. The molecule has 5 heteroatoms. The van der Waals surface area contributed by atoms with Gasteiger partial charge in [0.1, 0.15) is 0 Å². The van der Waals surface area contributed by atoms with Crippen molar-refractivity contribution < 1.29 is 14.3 Å². The molecule has 0 radical (unpaired) electrons. The Morgan fingerprint density at radius 1 is 1.25 bits per heavy atom. The lowest BCUT2D eigenvalue weighted by atomic mass is 10.2. The van der Waals surface area contributed by atoms with Crippen LogP contribution in [0.4, 0.5) is 0 Å². The quantitative estimate of drug-likeness (QED) is 0.787. The van der Waals surface area contributed by atoms with Crippen LogP contribution in [0.15, 0.2) is 18.2 Å². The van der Waals surface area contributed by atoms with Gasteiger partial charge in [-0.2, -0.15) is 0 Å². The Morgan fingerprint density at radius 2 is 2.00 bits per heavy atom. The van der Waals surface area contributed by atoms with Gasteiger partial charge in [-0.3, -0.25) is 4.79 Å². The SMILES string of the molecule is CCOc1cc(CNC)ccc1OCCC(=O)N(C)C. The summed E-state index contributed by atoms with van der Waals surface area (Å²) in [5.41, 5.74) is 1.13. The van der Waals surface area contributed by atoms with E-state index in [-0.39, 0.29) is 5.91 Å². The number of carbonyl (C=O) groups is 1. The average Bonchev–Trinajstić information content (AvgIpc) is 2.41. The van der Waals surface area contributed by atoms with Crippen molar-refractivity contribution in [2.24, 2.45) is 0 Å². The summed E-state index contributed by atoms with van der Waals surface area (Å²) in [7, 11) is 5.37. The second-order valence-electron chi connectivity index (χ2n) is 4.63. The lowest BCUT2D eigenvalue weighted by molar-refractivity contribution is -0.129. The Hall–Kier alpha value is -1.75. The minimum Gasteiger partial charge on any atom is -0.490 e. The Bertz CT molecular complexity index is 433. The monoisotopic (exact) mass is 280 g/mol. The van der Waals surface area contributed by atoms with Crippen molar-refractivity contribution in [2.45, 2.75) is 19.9 Å². The van der Waals surface area contributed by atoms with Crippen LogP contribution in [0.1, 0.15) is 18.9 Å². The number of rotatable bonds is 8. The molecule has 0 spiro atoms. The number of hydrogen-bond acceptors (Lipinski definition) is 4. The van der Waals surface area contributed by atoms with Crippen LogP contribution >= 0.6 is 0 Å². The van der Waals surface area contributed by atoms with E-state index in [2.05, 4.69) is 5.32 Å². The molecule has 0 unspecified atom stereocenters. The van der Waals surface area contributed by atoms with Gasteiger partial charge >= 0.3 is 0 Å². The summed E-state index contributed by atoms with van der Waals surface area (Å²) in [4.78, 5) is 13.0. The first-order valence-corrected chi connectivity index (χ1v) is 6.81. The van der Waals surface area contributed by atoms with Crippen LogP contribution in [0, 0.1) is 0 Å². The standard InChI is InChI=1S/C15H24N2O3/c1-5-19-14-10-12(11-16-2)6-7-13(14)20-9-8-15(18)17(3)4/h6-7,10,16H,5,8-9,11H2,1-4H3. The van der Waals surface area contributed by atoms with Crippen LogP contribution in [0.3, 0.4) is 0 Å². The zero-order valence-electron chi connectivity index (χ0n) is 12.7. The van der Waals surface area contributed by atoms with E-state index in [1.807, 2.05) is 32.2 Å². The summed E-state index contributed by atoms with van der Waals surface area (Å²) < 4.78 is 11.2. The van der Waals surface area contributed by atoms with Crippen LogP contribution in [-0.2, 0) is 11.3 Å². The van der Waals surface area contributed by atoms with Crippen molar-refractivity contribution in [1.29, 1.82) is 0 Å². The normalized spacial score (nSPS) is 10.2. The van der Waals surface area contributed by atoms with Crippen molar-refractivity contribution in [3.05, 3.63) is 23.8 Å². The molecular weight excluding hydrogens is 256 g/mol. The number of benzene rings is 1. The fraction of sp³-hybridized carbons (Fsp3) is 0.533. The molecule has 0 heterocycles. The number of nitrogens with zero attached hydrogens (tertiary/aromatic N) is 1. The van der Waals surface area contributed by atoms with Crippen molar-refractivity contribution in [3.63, 3.8) is 0 Å². The fourth-order valence-corrected chi connectivity index (χ4v) is 1.73. The molecule has 0 aliphatic carbocycles. The highest BCUT2D eigenvalue weighted by Crippen LogP contribution is 2.28. The maximum atomic E-state index is 11.5. The second kappa shape index (κ2) is 8.43. The summed E-state index contributed by atoms with van der Waals surface area (Å²) >= 11 is 0. The zero-order chi connectivity index (χ0) is 15.0. The summed E-state index contributed by atoms with van der Waals surface area (Å²) in [5.74, 6) is 1.45. The highest BCUT2D eigenvalue weighted by atomic mass is 16.5. The van der Waals surface area contributed by atoms with E-state index in [0.29, 0.717) is 25.4 Å². The summed E-state index contributed by atoms with van der Waals surface area (Å²) in [5, 5.41) is 3.10. The molecule has 0 saturated carbocycles. The number of hydrogen-bond donors (Lipinski definition) is 1. The predicted molar refractivity (Wildman–Crippen MR) is 79.2 cm³/mol. The molecule has 1 aromatic carbocycles. The number of ether oxygens (including phenoxy) is 2. The fourth-order valence-electron chi connectivity index (χ4n) is 1.73. The molecule has 0 fully saturated rings. The summed E-state index contributed by atoms with van der Waals surface area (Å²) in [6, 6.07) is 5.84. The van der Waals surface area contributed by atoms with Gasteiger partial charge in [-0.1, -0.05) is 6.07 Å². The van der Waals surface area contributed by atoms with Gasteiger partial charge in [-0.15, -0.1) is 0 Å². The van der Waals surface area contributed by atoms with Crippen LogP contribution < -0.4 is 14.8 Å². The molecule has 1 aromatic rings. The van der Waals surface area contributed by atoms with Gasteiger partial charge in [0.2, 0.25) is 5.91 Å². The number of carbonyl (C=O) groups excluding carboxylic acids is 1. The van der Waals surface area contributed by atoms with Gasteiger partial charge < -0.3 is 19.7 Å². The van der Waals surface area contributed by atoms with Crippen LogP contribution in [0.25, 0.3) is 0 Å². The van der Waals surface area contributed by atoms with E-state index >= 15 is 0 Å². The van der Waals surface area contributed by atoms with Gasteiger partial charge in [-0.25, -0.2) is 0 Å². The van der Waals surface area contributed by atoms with Crippen molar-refractivity contribution >= 4 is 5.91 Å². The van der Waals surface area contributed by atoms with Gasteiger partial charge in [0.25, 0.3) is 0 Å². The van der Waals surface area contributed by atoms with E-state index in [9.17, 15) is 4.79 Å². The third-order valence-electron chi connectivity index (χ3n) is 2.76. The Labute approximate surface area is 120 Å². The molecule has 0 aliphatic heterocycles. The third-order valence-corrected chi connectivity index (χ3v) is 2.76. The topological polar surface area (TPSA) is 50.8 Å². The molecule has 1 amide bonds. The molecule has 20 heavy (non-hydrogen) atoms. The van der Waals surface area contributed by atoms with E-state index in [1.165, 1.54) is 0 Å². The highest BCUT2D eigenvalue weighted by Gasteiger charge is 2.08. The van der Waals surface area contributed by atoms with Crippen LogP contribution in [-0.4, -0.2) is 45.2 Å². The maximum Gasteiger partial charge on any atom is 0.225 e. The molecule has 0 saturated heterocycles. The Kier molecular flexibility index (Phi) is 6.87. The first kappa shape index (κ1) is 16.3. The van der Waals surface area contributed by atoms with Gasteiger partial charge in [0.15, 0.2) is 11.5 Å². The smallest absolute Gasteiger partial charge is 0.225 e. The van der Waals surface area contributed by atoms with E-state index < -0.39 is 0 Å². The van der Waals surface area contributed by atoms with Crippen molar-refractivity contribution in [3.8, 4) is 11.5 Å². The van der Waals surface area contributed by atoms with Crippen LogP contribution in [0.2, 0.25) is 0 Å². The first-order valence-electron chi connectivity index (χ1n) is 6.81. The largest absolute Gasteiger partial charge is 0.490 e. The second-order valence-corrected chi connectivity index (χ2v) is 4.63. The molecule has 0 bridgehead atoms. The van der Waals surface area contributed by atoms with Gasteiger partial charge in [0.05, 0.1) is 19.6 Å². The first-order chi connectivity index (χ1) is 9.58. The number of nitrogens with one attached hydrogen (secondary N) is 1. The summed E-state index contributed by atoms with van der Waals surface area (Å²) in [6.07, 6.45) is 0.358. The van der Waals surface area contributed by atoms with E-state index in [4.69, 9.17) is 9.47 Å². The minimum absolute atomic E-state index is 0.0507. The van der Waals surface area contributed by atoms with Crippen molar-refractivity contribution in [2.75, 3.05) is 34.4 Å². The third kappa shape index (κ3) is 5.09. The predicted octanol–water partition coefficient (Wildman–Crippen LogP) is 1.66. The van der Waals surface area contributed by atoms with E-state index in [0.717, 1.165) is 17.9 Å². The molecule has 0 aromatic heterocycles. The molecule has 112 valence electrons. The van der Waals surface area contributed by atoms with Gasteiger partial charge in [-0.05, 0) is 31.7 Å². The Morgan fingerprint density at radius 3 is 2.60 bits per heavy atom. The molecule has 0 aliphatic rings. The van der Waals surface area contributed by atoms with Crippen LogP contribution in [0.5, 0.6) is 11.5 Å². The molecule has 5 nitrogen and oxygen atoms in total. The number of amides is 1. The summed E-state index contributed by atoms with van der Waals surface area (Å²) in [6.45, 7) is 3.64. The lowest BCUT2D eigenvalue weighted by Gasteiger charge is -2.14. The molecule has 1 N–H and O–H groups in total. The molecule has 0 atom stereocenters. The lowest BCUT2D eigenvalue weighted by Crippen LogP contribution is -2.23. The molecule has 1 rings (SSSR count). The average molecular weight is 280 g/mol. The van der Waals surface area contributed by atoms with E-state index in [1.54, 1.807) is 19.0 Å². The van der Waals surface area contributed by atoms with Gasteiger partial charge in [0, 0.05) is 20.6 Å². The molecular formula is C15H24N2O3. The van der Waals surface area contributed by atoms with Crippen molar-refractivity contribution in [1.82, 2.24) is 10.2 Å². The Balaban J connectivity index is 2.65. The minimum atomic E-state index is 0.0507.